The van der Waals surface area contributed by atoms with Crippen LogP contribution in [-0.2, 0) is 6.42 Å². The topological polar surface area (TPSA) is 30.0 Å². The number of pyridine rings is 1. The maximum atomic E-state index is 12.5. The van der Waals surface area contributed by atoms with Crippen molar-refractivity contribution in [2.75, 3.05) is 0 Å². The van der Waals surface area contributed by atoms with Gasteiger partial charge in [-0.05, 0) is 29.8 Å². The van der Waals surface area contributed by atoms with Gasteiger partial charge in [0.05, 0.1) is 5.52 Å². The quantitative estimate of drug-likeness (QED) is 0.667. The summed E-state index contributed by atoms with van der Waals surface area (Å²) >= 11 is 3.43. The molecule has 1 heterocycles. The van der Waals surface area contributed by atoms with Crippen molar-refractivity contribution in [3.63, 3.8) is 0 Å². The number of para-hydroxylation sites is 1. The van der Waals surface area contributed by atoms with Crippen LogP contribution < -0.4 is 0 Å². The van der Waals surface area contributed by atoms with Crippen LogP contribution in [0.2, 0.25) is 0 Å². The van der Waals surface area contributed by atoms with Gasteiger partial charge in [0, 0.05) is 28.0 Å². The van der Waals surface area contributed by atoms with Crippen molar-refractivity contribution < 1.29 is 4.79 Å². The SMILES string of the molecule is O=C(Cc1cccc(Br)c1)c1ccnc2ccccc12. The number of nitrogens with zero attached hydrogens (tertiary/aromatic N) is 1. The van der Waals surface area contributed by atoms with E-state index in [0.717, 1.165) is 26.5 Å². The molecule has 0 saturated heterocycles. The number of Topliss-reactive ketones (excluding diaryl/α,β-unsaturated/α-hetero) is 1. The summed E-state index contributed by atoms with van der Waals surface area (Å²) in [6, 6.07) is 17.3. The summed E-state index contributed by atoms with van der Waals surface area (Å²) in [6.45, 7) is 0. The van der Waals surface area contributed by atoms with Crippen LogP contribution in [0.25, 0.3) is 10.9 Å². The fourth-order valence-electron chi connectivity index (χ4n) is 2.27. The van der Waals surface area contributed by atoms with Crippen LogP contribution in [0.4, 0.5) is 0 Å². The normalized spacial score (nSPS) is 10.7. The molecule has 2 aromatic carbocycles. The first-order chi connectivity index (χ1) is 9.74. The zero-order valence-electron chi connectivity index (χ0n) is 10.7. The van der Waals surface area contributed by atoms with E-state index in [2.05, 4.69) is 20.9 Å². The molecule has 0 spiro atoms. The van der Waals surface area contributed by atoms with E-state index < -0.39 is 0 Å². The summed E-state index contributed by atoms with van der Waals surface area (Å²) in [4.78, 5) is 16.8. The fraction of sp³-hybridized carbons (Fsp3) is 0.0588. The molecule has 0 saturated carbocycles. The Labute approximate surface area is 125 Å². The molecule has 0 aliphatic heterocycles. The Morgan fingerprint density at radius 1 is 1.05 bits per heavy atom. The van der Waals surface area contributed by atoms with Gasteiger partial charge in [0.15, 0.2) is 5.78 Å². The van der Waals surface area contributed by atoms with Crippen LogP contribution in [0.15, 0.2) is 65.3 Å². The zero-order valence-corrected chi connectivity index (χ0v) is 12.3. The van der Waals surface area contributed by atoms with Crippen LogP contribution in [0, 0.1) is 0 Å². The molecule has 20 heavy (non-hydrogen) atoms. The van der Waals surface area contributed by atoms with Crippen LogP contribution in [0.1, 0.15) is 15.9 Å². The lowest BCUT2D eigenvalue weighted by atomic mass is 10.00. The van der Waals surface area contributed by atoms with Crippen molar-refractivity contribution in [2.45, 2.75) is 6.42 Å². The van der Waals surface area contributed by atoms with Crippen molar-refractivity contribution >= 4 is 32.6 Å². The van der Waals surface area contributed by atoms with E-state index >= 15 is 0 Å². The predicted octanol–water partition coefficient (Wildman–Crippen LogP) is 4.42. The molecule has 1 aromatic heterocycles. The number of hydrogen-bond acceptors (Lipinski definition) is 2. The molecule has 98 valence electrons. The molecule has 0 amide bonds. The molecule has 0 aliphatic carbocycles. The second-order valence-corrected chi connectivity index (χ2v) is 5.52. The van der Waals surface area contributed by atoms with Crippen molar-refractivity contribution in [1.82, 2.24) is 4.98 Å². The Balaban J connectivity index is 1.97. The van der Waals surface area contributed by atoms with Gasteiger partial charge >= 0.3 is 0 Å². The molecule has 3 aromatic rings. The minimum Gasteiger partial charge on any atom is -0.294 e. The first-order valence-electron chi connectivity index (χ1n) is 6.35. The molecule has 0 unspecified atom stereocenters. The summed E-state index contributed by atoms with van der Waals surface area (Å²) < 4.78 is 0.988. The van der Waals surface area contributed by atoms with E-state index in [1.165, 1.54) is 0 Å². The number of aromatic nitrogens is 1. The molecule has 0 radical (unpaired) electrons. The number of hydrogen-bond donors (Lipinski definition) is 0. The lowest BCUT2D eigenvalue weighted by Gasteiger charge is -2.05. The summed E-state index contributed by atoms with van der Waals surface area (Å²) in [5.74, 6) is 0.113. The Morgan fingerprint density at radius 2 is 1.90 bits per heavy atom. The maximum Gasteiger partial charge on any atom is 0.167 e. The number of fused-ring (bicyclic) bond motifs is 1. The molecule has 2 nitrogen and oxygen atoms in total. The summed E-state index contributed by atoms with van der Waals surface area (Å²) in [7, 11) is 0. The van der Waals surface area contributed by atoms with E-state index in [0.29, 0.717) is 6.42 Å². The maximum absolute atomic E-state index is 12.5. The largest absolute Gasteiger partial charge is 0.294 e. The van der Waals surface area contributed by atoms with Gasteiger partial charge < -0.3 is 0 Å². The number of rotatable bonds is 3. The van der Waals surface area contributed by atoms with Gasteiger partial charge in [-0.25, -0.2) is 0 Å². The van der Waals surface area contributed by atoms with E-state index in [9.17, 15) is 4.79 Å². The van der Waals surface area contributed by atoms with Gasteiger partial charge in [-0.2, -0.15) is 0 Å². The van der Waals surface area contributed by atoms with Gasteiger partial charge in [0.2, 0.25) is 0 Å². The Kier molecular flexibility index (Phi) is 3.61. The average molecular weight is 326 g/mol. The molecule has 3 rings (SSSR count). The molecule has 0 atom stereocenters. The summed E-state index contributed by atoms with van der Waals surface area (Å²) in [6.07, 6.45) is 2.09. The summed E-state index contributed by atoms with van der Waals surface area (Å²) in [5.41, 5.74) is 2.59. The minimum absolute atomic E-state index is 0.113. The minimum atomic E-state index is 0.113. The highest BCUT2D eigenvalue weighted by molar-refractivity contribution is 9.10. The molecule has 3 heteroatoms. The third kappa shape index (κ3) is 2.63. The third-order valence-corrected chi connectivity index (χ3v) is 3.70. The lowest BCUT2D eigenvalue weighted by molar-refractivity contribution is 0.0994. The lowest BCUT2D eigenvalue weighted by Crippen LogP contribution is -2.04. The second-order valence-electron chi connectivity index (χ2n) is 4.61. The van der Waals surface area contributed by atoms with Crippen molar-refractivity contribution in [1.29, 1.82) is 0 Å². The molecule has 0 aliphatic rings. The first kappa shape index (κ1) is 13.0. The third-order valence-electron chi connectivity index (χ3n) is 3.20. The van der Waals surface area contributed by atoms with Gasteiger partial charge in [0.1, 0.15) is 0 Å². The highest BCUT2D eigenvalue weighted by Gasteiger charge is 2.11. The highest BCUT2D eigenvalue weighted by atomic mass is 79.9. The molecular formula is C17H12BrNO. The van der Waals surface area contributed by atoms with Crippen LogP contribution in [-0.4, -0.2) is 10.8 Å². The van der Waals surface area contributed by atoms with Gasteiger partial charge in [0.25, 0.3) is 0 Å². The van der Waals surface area contributed by atoms with Crippen LogP contribution >= 0.6 is 15.9 Å². The highest BCUT2D eigenvalue weighted by Crippen LogP contribution is 2.19. The molecule has 0 fully saturated rings. The van der Waals surface area contributed by atoms with Gasteiger partial charge in [-0.3, -0.25) is 9.78 Å². The average Bonchev–Trinajstić information content (AvgIpc) is 2.46. The number of halogens is 1. The Hall–Kier alpha value is -2.00. The number of carbonyl (C=O) groups excluding carboxylic acids is 1. The van der Waals surface area contributed by atoms with E-state index in [1.54, 1.807) is 12.3 Å². The van der Waals surface area contributed by atoms with E-state index in [4.69, 9.17) is 0 Å². The van der Waals surface area contributed by atoms with Crippen molar-refractivity contribution in [2.24, 2.45) is 0 Å². The van der Waals surface area contributed by atoms with Gasteiger partial charge in [-0.15, -0.1) is 0 Å². The number of benzene rings is 2. The predicted molar refractivity (Wildman–Crippen MR) is 83.9 cm³/mol. The number of carbonyl (C=O) groups is 1. The van der Waals surface area contributed by atoms with E-state index in [1.807, 2.05) is 48.5 Å². The zero-order chi connectivity index (χ0) is 13.9. The second kappa shape index (κ2) is 5.55. The Morgan fingerprint density at radius 3 is 2.75 bits per heavy atom. The van der Waals surface area contributed by atoms with Crippen LogP contribution in [0.5, 0.6) is 0 Å². The van der Waals surface area contributed by atoms with Gasteiger partial charge in [-0.1, -0.05) is 46.3 Å². The number of ketones is 1. The smallest absolute Gasteiger partial charge is 0.167 e. The fourth-order valence-corrected chi connectivity index (χ4v) is 2.71. The molecule has 0 N–H and O–H groups in total. The van der Waals surface area contributed by atoms with Crippen molar-refractivity contribution in [3.05, 3.63) is 76.4 Å². The molecule has 0 bridgehead atoms. The van der Waals surface area contributed by atoms with Crippen LogP contribution in [0.3, 0.4) is 0 Å². The Bertz CT molecular complexity index is 777. The van der Waals surface area contributed by atoms with Crippen molar-refractivity contribution in [3.8, 4) is 0 Å². The monoisotopic (exact) mass is 325 g/mol. The first-order valence-corrected chi connectivity index (χ1v) is 7.15. The molecular weight excluding hydrogens is 314 g/mol. The standard InChI is InChI=1S/C17H12BrNO/c18-13-5-3-4-12(10-13)11-17(20)15-8-9-19-16-7-2-1-6-14(15)16/h1-10H,11H2. The summed E-state index contributed by atoms with van der Waals surface area (Å²) in [5, 5.41) is 0.912. The van der Waals surface area contributed by atoms with E-state index in [-0.39, 0.29) is 5.78 Å².